The zero-order valence-corrected chi connectivity index (χ0v) is 12.2. The van der Waals surface area contributed by atoms with Crippen LogP contribution in [0.2, 0.25) is 0 Å². The van der Waals surface area contributed by atoms with Crippen molar-refractivity contribution in [3.63, 3.8) is 0 Å². The second-order valence-corrected chi connectivity index (χ2v) is 5.46. The minimum atomic E-state index is -0.110. The number of nitrogens with one attached hydrogen (secondary N) is 1. The van der Waals surface area contributed by atoms with Crippen LogP contribution in [0.1, 0.15) is 32.6 Å². The van der Waals surface area contributed by atoms with Gasteiger partial charge in [0.25, 0.3) is 5.91 Å². The summed E-state index contributed by atoms with van der Waals surface area (Å²) in [5.74, 6) is -0.110. The highest BCUT2D eigenvalue weighted by Crippen LogP contribution is 2.25. The van der Waals surface area contributed by atoms with E-state index >= 15 is 0 Å². The van der Waals surface area contributed by atoms with E-state index in [1.165, 1.54) is 0 Å². The molecule has 0 saturated heterocycles. The lowest BCUT2D eigenvalue weighted by Crippen LogP contribution is -2.14. The molecule has 4 nitrogen and oxygen atoms in total. The summed E-state index contributed by atoms with van der Waals surface area (Å²) in [6.45, 7) is 5.09. The van der Waals surface area contributed by atoms with E-state index < -0.39 is 0 Å². The maximum absolute atomic E-state index is 12.4. The first-order chi connectivity index (χ1) is 10.0. The lowest BCUT2D eigenvalue weighted by atomic mass is 10.0. The molecule has 0 aliphatic carbocycles. The van der Waals surface area contributed by atoms with Crippen molar-refractivity contribution >= 4 is 17.3 Å². The van der Waals surface area contributed by atoms with Crippen molar-refractivity contribution < 1.29 is 9.53 Å². The van der Waals surface area contributed by atoms with E-state index in [2.05, 4.69) is 5.32 Å². The monoisotopic (exact) mass is 282 g/mol. The average Bonchev–Trinajstić information content (AvgIpc) is 2.89. The van der Waals surface area contributed by atoms with Crippen LogP contribution in [-0.4, -0.2) is 5.91 Å². The maximum Gasteiger partial charge on any atom is 0.255 e. The first-order valence-corrected chi connectivity index (χ1v) is 6.92. The van der Waals surface area contributed by atoms with E-state index in [0.717, 1.165) is 27.9 Å². The van der Waals surface area contributed by atoms with Crippen LogP contribution in [-0.2, 0) is 18.0 Å². The van der Waals surface area contributed by atoms with Gasteiger partial charge in [-0.15, -0.1) is 0 Å². The van der Waals surface area contributed by atoms with Gasteiger partial charge in [-0.2, -0.15) is 0 Å². The summed E-state index contributed by atoms with van der Waals surface area (Å²) in [7, 11) is 0. The lowest BCUT2D eigenvalue weighted by molar-refractivity contribution is 0.102. The summed E-state index contributed by atoms with van der Waals surface area (Å²) in [5.41, 5.74) is 12.2. The van der Waals surface area contributed by atoms with Crippen molar-refractivity contribution in [1.82, 2.24) is 0 Å². The molecule has 3 N–H and O–H groups in total. The number of nitrogens with two attached hydrogens (primary N) is 1. The Hall–Kier alpha value is -2.33. The van der Waals surface area contributed by atoms with Gasteiger partial charge in [0.2, 0.25) is 0 Å². The highest BCUT2D eigenvalue weighted by Gasteiger charge is 2.15. The largest absolute Gasteiger partial charge is 0.399 e. The van der Waals surface area contributed by atoms with Crippen LogP contribution in [0.25, 0.3) is 0 Å². The number of hydrogen-bond acceptors (Lipinski definition) is 3. The first-order valence-electron chi connectivity index (χ1n) is 6.92. The molecule has 21 heavy (non-hydrogen) atoms. The number of hydrogen-bond donors (Lipinski definition) is 2. The molecule has 108 valence electrons. The molecule has 3 rings (SSSR count). The normalized spacial score (nSPS) is 13.0. The number of anilines is 2. The second kappa shape index (κ2) is 5.22. The Morgan fingerprint density at radius 2 is 1.76 bits per heavy atom. The average molecular weight is 282 g/mol. The molecule has 0 unspecified atom stereocenters. The molecule has 0 bridgehead atoms. The Balaban J connectivity index is 1.87. The van der Waals surface area contributed by atoms with E-state index in [1.54, 1.807) is 0 Å². The highest BCUT2D eigenvalue weighted by molar-refractivity contribution is 6.05. The van der Waals surface area contributed by atoms with Crippen molar-refractivity contribution in [3.8, 4) is 0 Å². The number of rotatable bonds is 2. The molecule has 1 aliphatic rings. The molecule has 4 heteroatoms. The van der Waals surface area contributed by atoms with Crippen molar-refractivity contribution in [2.24, 2.45) is 0 Å². The molecule has 0 saturated carbocycles. The summed E-state index contributed by atoms with van der Waals surface area (Å²) >= 11 is 0. The third-order valence-electron chi connectivity index (χ3n) is 3.78. The van der Waals surface area contributed by atoms with Gasteiger partial charge in [-0.05, 0) is 60.4 Å². The topological polar surface area (TPSA) is 64.3 Å². The number of benzene rings is 2. The van der Waals surface area contributed by atoms with Gasteiger partial charge in [0.05, 0.1) is 13.2 Å². The number of carbonyl (C=O) groups excluding carboxylic acids is 1. The smallest absolute Gasteiger partial charge is 0.255 e. The van der Waals surface area contributed by atoms with Crippen molar-refractivity contribution in [2.75, 3.05) is 11.1 Å². The van der Waals surface area contributed by atoms with Gasteiger partial charge in [-0.1, -0.05) is 6.07 Å². The number of aryl methyl sites for hydroxylation is 2. The minimum Gasteiger partial charge on any atom is -0.399 e. The molecule has 0 atom stereocenters. The SMILES string of the molecule is Cc1cc(N)cc(C)c1NC(=O)c1ccc2c(c1)COC2. The Morgan fingerprint density at radius 1 is 1.10 bits per heavy atom. The Kier molecular flexibility index (Phi) is 3.39. The first kappa shape index (κ1) is 13.6. The lowest BCUT2D eigenvalue weighted by Gasteiger charge is -2.13. The van der Waals surface area contributed by atoms with Gasteiger partial charge in [0, 0.05) is 16.9 Å². The fourth-order valence-electron chi connectivity index (χ4n) is 2.69. The fourth-order valence-corrected chi connectivity index (χ4v) is 2.69. The van der Waals surface area contributed by atoms with Crippen LogP contribution >= 0.6 is 0 Å². The zero-order chi connectivity index (χ0) is 15.0. The summed E-state index contributed by atoms with van der Waals surface area (Å²) in [5, 5.41) is 2.98. The predicted molar refractivity (Wildman–Crippen MR) is 83.2 cm³/mol. The van der Waals surface area contributed by atoms with Crippen LogP contribution in [0.15, 0.2) is 30.3 Å². The number of ether oxygens (including phenoxy) is 1. The molecule has 0 aromatic heterocycles. The van der Waals surface area contributed by atoms with Gasteiger partial charge in [0.15, 0.2) is 0 Å². The van der Waals surface area contributed by atoms with Gasteiger partial charge >= 0.3 is 0 Å². The quantitative estimate of drug-likeness (QED) is 0.832. The van der Waals surface area contributed by atoms with E-state index in [0.29, 0.717) is 24.5 Å². The van der Waals surface area contributed by atoms with E-state index in [1.807, 2.05) is 44.2 Å². The fraction of sp³-hybridized carbons (Fsp3) is 0.235. The van der Waals surface area contributed by atoms with Crippen molar-refractivity contribution in [3.05, 3.63) is 58.1 Å². The van der Waals surface area contributed by atoms with Crippen LogP contribution in [0.4, 0.5) is 11.4 Å². The van der Waals surface area contributed by atoms with Crippen LogP contribution < -0.4 is 11.1 Å². The molecular formula is C17H18N2O2. The van der Waals surface area contributed by atoms with Crippen molar-refractivity contribution in [2.45, 2.75) is 27.1 Å². The molecule has 0 radical (unpaired) electrons. The van der Waals surface area contributed by atoms with E-state index in [4.69, 9.17) is 10.5 Å². The molecular weight excluding hydrogens is 264 g/mol. The highest BCUT2D eigenvalue weighted by atomic mass is 16.5. The minimum absolute atomic E-state index is 0.110. The van der Waals surface area contributed by atoms with Gasteiger partial charge in [0.1, 0.15) is 0 Å². The molecule has 1 amide bonds. The maximum atomic E-state index is 12.4. The van der Waals surface area contributed by atoms with Crippen LogP contribution in [0.3, 0.4) is 0 Å². The third kappa shape index (κ3) is 2.62. The predicted octanol–water partition coefficient (Wildman–Crippen LogP) is 3.17. The van der Waals surface area contributed by atoms with Gasteiger partial charge in [-0.25, -0.2) is 0 Å². The Morgan fingerprint density at radius 3 is 2.48 bits per heavy atom. The summed E-state index contributed by atoms with van der Waals surface area (Å²) in [4.78, 5) is 12.4. The molecule has 0 spiro atoms. The van der Waals surface area contributed by atoms with E-state index in [9.17, 15) is 4.79 Å². The Bertz CT molecular complexity index is 700. The van der Waals surface area contributed by atoms with E-state index in [-0.39, 0.29) is 5.91 Å². The zero-order valence-electron chi connectivity index (χ0n) is 12.2. The molecule has 1 aliphatic heterocycles. The summed E-state index contributed by atoms with van der Waals surface area (Å²) in [6.07, 6.45) is 0. The summed E-state index contributed by atoms with van der Waals surface area (Å²) in [6, 6.07) is 9.42. The van der Waals surface area contributed by atoms with Crippen molar-refractivity contribution in [1.29, 1.82) is 0 Å². The molecule has 2 aromatic rings. The molecule has 1 heterocycles. The van der Waals surface area contributed by atoms with Gasteiger partial charge < -0.3 is 15.8 Å². The van der Waals surface area contributed by atoms with Gasteiger partial charge in [-0.3, -0.25) is 4.79 Å². The number of amides is 1. The molecule has 0 fully saturated rings. The van der Waals surface area contributed by atoms with Crippen LogP contribution in [0, 0.1) is 13.8 Å². The molecule has 2 aromatic carbocycles. The second-order valence-electron chi connectivity index (χ2n) is 5.46. The third-order valence-corrected chi connectivity index (χ3v) is 3.78. The Labute approximate surface area is 123 Å². The van der Waals surface area contributed by atoms with Crippen LogP contribution in [0.5, 0.6) is 0 Å². The number of fused-ring (bicyclic) bond motifs is 1. The number of carbonyl (C=O) groups is 1. The standard InChI is InChI=1S/C17H18N2O2/c1-10-5-15(18)6-11(2)16(10)19-17(20)12-3-4-13-8-21-9-14(13)7-12/h3-7H,8-9,18H2,1-2H3,(H,19,20). The summed E-state index contributed by atoms with van der Waals surface area (Å²) < 4.78 is 5.37. The number of nitrogen functional groups attached to an aromatic ring is 1.